The van der Waals surface area contributed by atoms with E-state index in [-0.39, 0.29) is 5.91 Å². The predicted molar refractivity (Wildman–Crippen MR) is 61.4 cm³/mol. The van der Waals surface area contributed by atoms with E-state index >= 15 is 0 Å². The van der Waals surface area contributed by atoms with Crippen LogP contribution in [0.1, 0.15) is 10.4 Å². The molecule has 0 aromatic carbocycles. The number of aryl methyl sites for hydroxylation is 1. The van der Waals surface area contributed by atoms with Gasteiger partial charge in [-0.25, -0.2) is 0 Å². The molecule has 2 N–H and O–H groups in total. The lowest BCUT2D eigenvalue weighted by atomic mass is 9.81. The Balaban J connectivity index is 2.18. The van der Waals surface area contributed by atoms with Crippen molar-refractivity contribution in [1.29, 1.82) is 0 Å². The van der Waals surface area contributed by atoms with Crippen LogP contribution in [0.2, 0.25) is 0 Å². The van der Waals surface area contributed by atoms with Gasteiger partial charge in [0.15, 0.2) is 0 Å². The molecule has 15 heavy (non-hydrogen) atoms. The molecule has 0 radical (unpaired) electrons. The number of thiophene rings is 1. The first-order valence-corrected chi connectivity index (χ1v) is 5.85. The summed E-state index contributed by atoms with van der Waals surface area (Å²) >= 11 is 1.65. The molecule has 3 nitrogen and oxygen atoms in total. The summed E-state index contributed by atoms with van der Waals surface area (Å²) in [5, 5.41) is 7.24. The van der Waals surface area contributed by atoms with E-state index in [0.29, 0.717) is 6.54 Å². The average molecular weight is 220 g/mol. The Morgan fingerprint density at radius 1 is 1.53 bits per heavy atom. The zero-order chi connectivity index (χ0) is 10.5. The Bertz CT molecular complexity index is 463. The summed E-state index contributed by atoms with van der Waals surface area (Å²) in [5.41, 5.74) is 0.691. The van der Waals surface area contributed by atoms with E-state index in [0.717, 1.165) is 17.1 Å². The van der Waals surface area contributed by atoms with E-state index in [4.69, 9.17) is 0 Å². The highest BCUT2D eigenvalue weighted by Crippen LogP contribution is 2.44. The van der Waals surface area contributed by atoms with Gasteiger partial charge in [0.05, 0.1) is 5.00 Å². The minimum absolute atomic E-state index is 0.104. The van der Waals surface area contributed by atoms with Gasteiger partial charge in [0, 0.05) is 23.5 Å². The molecule has 1 aromatic heterocycles. The Kier molecular flexibility index (Phi) is 1.78. The highest BCUT2D eigenvalue weighted by Gasteiger charge is 2.46. The highest BCUT2D eigenvalue weighted by atomic mass is 32.1. The lowest BCUT2D eigenvalue weighted by molar-refractivity contribution is -0.119. The van der Waals surface area contributed by atoms with Crippen LogP contribution in [0.3, 0.4) is 0 Å². The first kappa shape index (κ1) is 9.12. The second kappa shape index (κ2) is 2.93. The van der Waals surface area contributed by atoms with Crippen molar-refractivity contribution in [2.24, 2.45) is 0 Å². The Morgan fingerprint density at radius 2 is 2.40 bits per heavy atom. The van der Waals surface area contributed by atoms with Crippen LogP contribution in [0.4, 0.5) is 5.00 Å². The van der Waals surface area contributed by atoms with Crippen molar-refractivity contribution in [1.82, 2.24) is 5.32 Å². The maximum Gasteiger partial charge on any atom is 0.240 e. The second-order valence-electron chi connectivity index (χ2n) is 4.06. The Labute approximate surface area is 92.2 Å². The summed E-state index contributed by atoms with van der Waals surface area (Å²) in [7, 11) is 0. The van der Waals surface area contributed by atoms with Gasteiger partial charge in [-0.3, -0.25) is 4.79 Å². The summed E-state index contributed by atoms with van der Waals surface area (Å²) in [6.45, 7) is 3.63. The predicted octanol–water partition coefficient (Wildman–Crippen LogP) is 1.41. The molecule has 78 valence electrons. The first-order chi connectivity index (χ1) is 7.22. The van der Waals surface area contributed by atoms with Crippen molar-refractivity contribution < 1.29 is 4.79 Å². The van der Waals surface area contributed by atoms with Crippen LogP contribution in [-0.2, 0) is 10.2 Å². The maximum absolute atomic E-state index is 12.0. The van der Waals surface area contributed by atoms with Crippen LogP contribution in [0.25, 0.3) is 0 Å². The van der Waals surface area contributed by atoms with Gasteiger partial charge < -0.3 is 10.6 Å². The Morgan fingerprint density at radius 3 is 3.13 bits per heavy atom. The molecule has 0 saturated carbocycles. The van der Waals surface area contributed by atoms with E-state index in [1.165, 1.54) is 4.88 Å². The monoisotopic (exact) mass is 220 g/mol. The molecule has 0 bridgehead atoms. The number of carbonyl (C=O) groups is 1. The third-order valence-electron chi connectivity index (χ3n) is 3.04. The van der Waals surface area contributed by atoms with Gasteiger partial charge in [-0.15, -0.1) is 11.3 Å². The van der Waals surface area contributed by atoms with Crippen molar-refractivity contribution in [2.45, 2.75) is 12.3 Å². The molecule has 1 aromatic rings. The normalized spacial score (nSPS) is 28.2. The van der Waals surface area contributed by atoms with E-state index in [2.05, 4.69) is 23.6 Å². The van der Waals surface area contributed by atoms with Gasteiger partial charge >= 0.3 is 0 Å². The molecule has 3 heterocycles. The fourth-order valence-electron chi connectivity index (χ4n) is 2.29. The molecule has 2 aliphatic heterocycles. The fourth-order valence-corrected chi connectivity index (χ4v) is 3.28. The van der Waals surface area contributed by atoms with Gasteiger partial charge in [-0.2, -0.15) is 0 Å². The summed E-state index contributed by atoms with van der Waals surface area (Å²) in [6.07, 6.45) is 4.07. The van der Waals surface area contributed by atoms with Crippen LogP contribution >= 0.6 is 11.3 Å². The molecular weight excluding hydrogens is 208 g/mol. The SMILES string of the molecule is Cc1cc2c(s1)NC(=O)C21C=CCNC1. The topological polar surface area (TPSA) is 41.1 Å². The number of hydrogen-bond donors (Lipinski definition) is 2. The largest absolute Gasteiger partial charge is 0.316 e. The van der Waals surface area contributed by atoms with Crippen LogP contribution < -0.4 is 10.6 Å². The van der Waals surface area contributed by atoms with Crippen molar-refractivity contribution in [3.8, 4) is 0 Å². The van der Waals surface area contributed by atoms with Gasteiger partial charge in [0.25, 0.3) is 0 Å². The molecule has 0 saturated heterocycles. The number of anilines is 1. The van der Waals surface area contributed by atoms with E-state index in [9.17, 15) is 4.79 Å². The molecule has 4 heteroatoms. The third-order valence-corrected chi connectivity index (χ3v) is 4.00. The zero-order valence-electron chi connectivity index (χ0n) is 8.46. The summed E-state index contributed by atoms with van der Waals surface area (Å²) in [5.74, 6) is 0.104. The number of nitrogens with one attached hydrogen (secondary N) is 2. The van der Waals surface area contributed by atoms with Gasteiger partial charge in [-0.1, -0.05) is 12.2 Å². The smallest absolute Gasteiger partial charge is 0.240 e. The standard InChI is InChI=1S/C11H12N2OS/c1-7-5-8-9(15-7)13-10(14)11(8)3-2-4-12-6-11/h2-3,5,12H,4,6H2,1H3,(H,13,14). The maximum atomic E-state index is 12.0. The molecule has 2 aliphatic rings. The minimum Gasteiger partial charge on any atom is -0.316 e. The van der Waals surface area contributed by atoms with Crippen molar-refractivity contribution in [3.63, 3.8) is 0 Å². The van der Waals surface area contributed by atoms with E-state index < -0.39 is 5.41 Å². The number of fused-ring (bicyclic) bond motifs is 2. The number of hydrogen-bond acceptors (Lipinski definition) is 3. The molecule has 1 amide bonds. The van der Waals surface area contributed by atoms with Crippen molar-refractivity contribution in [2.75, 3.05) is 18.4 Å². The molecule has 1 unspecified atom stereocenters. The second-order valence-corrected chi connectivity index (χ2v) is 5.31. The zero-order valence-corrected chi connectivity index (χ0v) is 9.28. The highest BCUT2D eigenvalue weighted by molar-refractivity contribution is 7.16. The number of amides is 1. The lowest BCUT2D eigenvalue weighted by Crippen LogP contribution is -2.45. The number of carbonyl (C=O) groups excluding carboxylic acids is 1. The minimum atomic E-state index is -0.446. The summed E-state index contributed by atoms with van der Waals surface area (Å²) in [4.78, 5) is 13.2. The molecular formula is C11H12N2OS. The quantitative estimate of drug-likeness (QED) is 0.649. The van der Waals surface area contributed by atoms with Crippen LogP contribution in [0.15, 0.2) is 18.2 Å². The van der Waals surface area contributed by atoms with Gasteiger partial charge in [-0.05, 0) is 13.0 Å². The van der Waals surface area contributed by atoms with Crippen molar-refractivity contribution >= 4 is 22.2 Å². The van der Waals surface area contributed by atoms with E-state index in [1.807, 2.05) is 12.2 Å². The van der Waals surface area contributed by atoms with Crippen molar-refractivity contribution in [3.05, 3.63) is 28.7 Å². The van der Waals surface area contributed by atoms with Crippen LogP contribution in [0, 0.1) is 6.92 Å². The van der Waals surface area contributed by atoms with E-state index in [1.54, 1.807) is 11.3 Å². The van der Waals surface area contributed by atoms with Crippen LogP contribution in [-0.4, -0.2) is 19.0 Å². The average Bonchev–Trinajstić information content (AvgIpc) is 2.69. The molecule has 1 spiro atoms. The van der Waals surface area contributed by atoms with Gasteiger partial charge in [0.2, 0.25) is 5.91 Å². The summed E-state index contributed by atoms with van der Waals surface area (Å²) in [6, 6.07) is 2.12. The number of rotatable bonds is 0. The molecule has 3 rings (SSSR count). The van der Waals surface area contributed by atoms with Gasteiger partial charge in [0.1, 0.15) is 5.41 Å². The molecule has 0 fully saturated rings. The van der Waals surface area contributed by atoms with Crippen LogP contribution in [0.5, 0.6) is 0 Å². The third kappa shape index (κ3) is 1.12. The lowest BCUT2D eigenvalue weighted by Gasteiger charge is -2.26. The molecule has 1 atom stereocenters. The fraction of sp³-hybridized carbons (Fsp3) is 0.364. The first-order valence-electron chi connectivity index (χ1n) is 5.03. The molecule has 0 aliphatic carbocycles. The summed E-state index contributed by atoms with van der Waals surface area (Å²) < 4.78 is 0. The Hall–Kier alpha value is -1.13.